The van der Waals surface area contributed by atoms with E-state index in [2.05, 4.69) is 4.98 Å². The number of hydrogen-bond donors (Lipinski definition) is 2. The number of amides is 1. The quantitative estimate of drug-likeness (QED) is 0.553. The van der Waals surface area contributed by atoms with Crippen LogP contribution in [0, 0.1) is 13.8 Å². The fourth-order valence-electron chi connectivity index (χ4n) is 2.53. The number of hydrogen-bond acceptors (Lipinski definition) is 5. The van der Waals surface area contributed by atoms with Gasteiger partial charge in [0, 0.05) is 0 Å². The van der Waals surface area contributed by atoms with Gasteiger partial charge in [-0.15, -0.1) is 0 Å². The summed E-state index contributed by atoms with van der Waals surface area (Å²) in [4.78, 5) is 35.8. The Bertz CT molecular complexity index is 1210. The van der Waals surface area contributed by atoms with E-state index in [4.69, 9.17) is 5.73 Å². The molecule has 4 rings (SSSR count). The molecular weight excluding hydrogens is 370 g/mol. The molecule has 0 bridgehead atoms. The Morgan fingerprint density at radius 3 is 2.38 bits per heavy atom. The lowest BCUT2D eigenvalue weighted by Crippen LogP contribution is -2.24. The summed E-state index contributed by atoms with van der Waals surface area (Å²) in [5.74, 6) is -0.502. The van der Waals surface area contributed by atoms with Gasteiger partial charge in [-0.25, -0.2) is 0 Å². The number of fused-ring (bicyclic) bond motifs is 2. The van der Waals surface area contributed by atoms with Crippen LogP contribution in [0.1, 0.15) is 11.1 Å². The number of nitrogens with zero attached hydrogens (tertiary/aromatic N) is 1. The third kappa shape index (κ3) is 3.92. The van der Waals surface area contributed by atoms with Crippen LogP contribution >= 0.6 is 22.7 Å². The molecular formula is C18H17N3O3S2. The molecule has 4 aromatic rings. The molecule has 0 aliphatic rings. The summed E-state index contributed by atoms with van der Waals surface area (Å²) in [5, 5.41) is 0. The predicted molar refractivity (Wildman–Crippen MR) is 107 cm³/mol. The van der Waals surface area contributed by atoms with Crippen LogP contribution < -0.4 is 15.5 Å². The van der Waals surface area contributed by atoms with E-state index in [1.54, 1.807) is 0 Å². The minimum atomic E-state index is -0.502. The van der Waals surface area contributed by atoms with Crippen LogP contribution in [-0.4, -0.2) is 15.5 Å². The van der Waals surface area contributed by atoms with Gasteiger partial charge in [-0.2, -0.15) is 0 Å². The Balaban J connectivity index is 0.000000158. The van der Waals surface area contributed by atoms with Crippen molar-refractivity contribution in [3.63, 3.8) is 0 Å². The summed E-state index contributed by atoms with van der Waals surface area (Å²) in [6, 6.07) is 11.6. The Kier molecular flexibility index (Phi) is 5.06. The molecule has 1 amide bonds. The summed E-state index contributed by atoms with van der Waals surface area (Å²) in [6.45, 7) is 3.92. The van der Waals surface area contributed by atoms with E-state index in [0.717, 1.165) is 37.3 Å². The van der Waals surface area contributed by atoms with E-state index in [-0.39, 0.29) is 16.3 Å². The van der Waals surface area contributed by atoms with Crippen molar-refractivity contribution in [3.05, 3.63) is 66.9 Å². The first-order chi connectivity index (χ1) is 12.3. The van der Waals surface area contributed by atoms with Gasteiger partial charge in [0.1, 0.15) is 6.54 Å². The lowest BCUT2D eigenvalue weighted by atomic mass is 10.2. The first-order valence-electron chi connectivity index (χ1n) is 7.81. The predicted octanol–water partition coefficient (Wildman–Crippen LogP) is 2.75. The number of primary amides is 1. The maximum absolute atomic E-state index is 11.6. The highest BCUT2D eigenvalue weighted by molar-refractivity contribution is 7.16. The topological polar surface area (TPSA) is 97.9 Å². The number of carbonyl (C=O) groups is 1. The van der Waals surface area contributed by atoms with E-state index in [9.17, 15) is 14.4 Å². The van der Waals surface area contributed by atoms with Gasteiger partial charge in [0.15, 0.2) is 0 Å². The van der Waals surface area contributed by atoms with Crippen LogP contribution in [-0.2, 0) is 11.3 Å². The summed E-state index contributed by atoms with van der Waals surface area (Å²) in [7, 11) is 0. The number of aromatic nitrogens is 2. The van der Waals surface area contributed by atoms with Crippen molar-refractivity contribution in [2.45, 2.75) is 20.4 Å². The van der Waals surface area contributed by atoms with Crippen LogP contribution in [0.15, 0.2) is 46.0 Å². The maximum atomic E-state index is 11.6. The lowest BCUT2D eigenvalue weighted by Gasteiger charge is -1.99. The second-order valence-electron chi connectivity index (χ2n) is 5.91. The number of rotatable bonds is 2. The van der Waals surface area contributed by atoms with Crippen molar-refractivity contribution >= 4 is 49.0 Å². The zero-order valence-electron chi connectivity index (χ0n) is 14.2. The van der Waals surface area contributed by atoms with Gasteiger partial charge in [0.25, 0.3) is 0 Å². The lowest BCUT2D eigenvalue weighted by molar-refractivity contribution is -0.118. The van der Waals surface area contributed by atoms with Crippen molar-refractivity contribution in [3.8, 4) is 0 Å². The number of carbonyl (C=O) groups excluding carboxylic acids is 1. The van der Waals surface area contributed by atoms with Crippen LogP contribution in [0.3, 0.4) is 0 Å². The molecule has 6 nitrogen and oxygen atoms in total. The van der Waals surface area contributed by atoms with Crippen LogP contribution in [0.4, 0.5) is 0 Å². The SMILES string of the molecule is Cc1ccc2[nH]c(=O)sc2c1.Cc1ccc2c(c1)sc(=O)n2CC(N)=O. The van der Waals surface area contributed by atoms with Gasteiger partial charge in [-0.05, 0) is 49.2 Å². The molecule has 2 aromatic heterocycles. The molecule has 26 heavy (non-hydrogen) atoms. The van der Waals surface area contributed by atoms with Gasteiger partial charge >= 0.3 is 9.75 Å². The maximum Gasteiger partial charge on any atom is 0.308 e. The average molecular weight is 387 g/mol. The number of nitrogens with one attached hydrogen (secondary N) is 1. The normalized spacial score (nSPS) is 10.7. The van der Waals surface area contributed by atoms with Crippen molar-refractivity contribution in [1.29, 1.82) is 0 Å². The van der Waals surface area contributed by atoms with Crippen molar-refractivity contribution in [2.75, 3.05) is 0 Å². The molecule has 0 saturated carbocycles. The van der Waals surface area contributed by atoms with E-state index < -0.39 is 5.91 Å². The highest BCUT2D eigenvalue weighted by Crippen LogP contribution is 2.18. The summed E-state index contributed by atoms with van der Waals surface area (Å²) in [5.41, 5.74) is 9.07. The Hall–Kier alpha value is -2.71. The number of nitrogens with two attached hydrogens (primary N) is 1. The Morgan fingerprint density at radius 1 is 1.04 bits per heavy atom. The standard InChI is InChI=1S/C10H10N2O2S.C8H7NOS/c1-6-2-3-7-8(4-6)15-10(14)12(7)5-9(11)13;1-5-2-3-6-7(4-5)11-8(10)9-6/h2-4H,5H2,1H3,(H2,11,13);2-4H,1H3,(H,9,10). The summed E-state index contributed by atoms with van der Waals surface area (Å²) in [6.07, 6.45) is 0. The smallest absolute Gasteiger partial charge is 0.308 e. The fraction of sp³-hybridized carbons (Fsp3) is 0.167. The number of thiazole rings is 2. The molecule has 0 unspecified atom stereocenters. The minimum Gasteiger partial charge on any atom is -0.368 e. The number of benzene rings is 2. The van der Waals surface area contributed by atoms with Crippen molar-refractivity contribution < 1.29 is 4.79 Å². The van der Waals surface area contributed by atoms with Gasteiger partial charge in [0.05, 0.1) is 20.4 Å². The van der Waals surface area contributed by atoms with Gasteiger partial charge < -0.3 is 10.7 Å². The molecule has 2 aromatic carbocycles. The third-order valence-electron chi connectivity index (χ3n) is 3.71. The van der Waals surface area contributed by atoms with Crippen LogP contribution in [0.25, 0.3) is 20.4 Å². The fourth-order valence-corrected chi connectivity index (χ4v) is 4.36. The van der Waals surface area contributed by atoms with Crippen molar-refractivity contribution in [2.24, 2.45) is 5.73 Å². The molecule has 8 heteroatoms. The van der Waals surface area contributed by atoms with E-state index in [1.165, 1.54) is 21.5 Å². The highest BCUT2D eigenvalue weighted by Gasteiger charge is 2.08. The second-order valence-corrected chi connectivity index (χ2v) is 7.91. The zero-order valence-corrected chi connectivity index (χ0v) is 15.9. The van der Waals surface area contributed by atoms with Gasteiger partial charge in [0.2, 0.25) is 5.91 Å². The number of H-pyrrole nitrogens is 1. The average Bonchev–Trinajstić information content (AvgIpc) is 3.06. The first-order valence-corrected chi connectivity index (χ1v) is 9.44. The van der Waals surface area contributed by atoms with E-state index >= 15 is 0 Å². The first kappa shape index (κ1) is 18.1. The van der Waals surface area contributed by atoms with Crippen molar-refractivity contribution in [1.82, 2.24) is 9.55 Å². The zero-order chi connectivity index (χ0) is 18.8. The summed E-state index contributed by atoms with van der Waals surface area (Å²) < 4.78 is 3.33. The Labute approximate surface area is 156 Å². The molecule has 0 aliphatic carbocycles. The second kappa shape index (κ2) is 7.27. The molecule has 0 saturated heterocycles. The van der Waals surface area contributed by atoms with Gasteiger partial charge in [-0.1, -0.05) is 34.8 Å². The van der Waals surface area contributed by atoms with E-state index in [1.807, 2.05) is 50.2 Å². The number of aryl methyl sites for hydroxylation is 2. The third-order valence-corrected chi connectivity index (χ3v) is 5.50. The molecule has 2 heterocycles. The Morgan fingerprint density at radius 2 is 1.69 bits per heavy atom. The molecule has 0 aliphatic heterocycles. The molecule has 3 N–H and O–H groups in total. The summed E-state index contributed by atoms with van der Waals surface area (Å²) >= 11 is 2.39. The van der Waals surface area contributed by atoms with Crippen LogP contribution in [0.5, 0.6) is 0 Å². The number of aromatic amines is 1. The molecule has 0 spiro atoms. The monoisotopic (exact) mass is 387 g/mol. The highest BCUT2D eigenvalue weighted by atomic mass is 32.1. The molecule has 0 fully saturated rings. The van der Waals surface area contributed by atoms with Gasteiger partial charge in [-0.3, -0.25) is 19.0 Å². The molecule has 0 atom stereocenters. The molecule has 0 radical (unpaired) electrons. The minimum absolute atomic E-state index is 0.0191. The largest absolute Gasteiger partial charge is 0.368 e. The van der Waals surface area contributed by atoms with E-state index in [0.29, 0.717) is 0 Å². The van der Waals surface area contributed by atoms with Crippen LogP contribution in [0.2, 0.25) is 0 Å². The molecule has 134 valence electrons.